The first-order valence-electron chi connectivity index (χ1n) is 10.2. The van der Waals surface area contributed by atoms with Gasteiger partial charge in [0, 0.05) is 18.3 Å². The van der Waals surface area contributed by atoms with Crippen molar-refractivity contribution in [1.82, 2.24) is 29.5 Å². The van der Waals surface area contributed by atoms with E-state index in [9.17, 15) is 9.90 Å². The Hall–Kier alpha value is -3.95. The lowest BCUT2D eigenvalue weighted by atomic mass is 10.2. The van der Waals surface area contributed by atoms with Crippen LogP contribution in [0.4, 0.5) is 5.95 Å². The van der Waals surface area contributed by atoms with Crippen LogP contribution in [0.15, 0.2) is 46.3 Å². The molecule has 31 heavy (non-hydrogen) atoms. The average molecular weight is 418 g/mol. The van der Waals surface area contributed by atoms with Crippen LogP contribution in [0.25, 0.3) is 11.7 Å². The number of rotatable bonds is 6. The van der Waals surface area contributed by atoms with E-state index in [4.69, 9.17) is 15.0 Å². The second kappa shape index (κ2) is 7.71. The molecule has 0 aliphatic heterocycles. The molecule has 158 valence electrons. The molecule has 3 N–H and O–H groups in total. The van der Waals surface area contributed by atoms with Crippen molar-refractivity contribution < 1.29 is 5.11 Å². The molecule has 1 saturated carbocycles. The topological polar surface area (TPSA) is 128 Å². The van der Waals surface area contributed by atoms with Gasteiger partial charge in [-0.1, -0.05) is 30.3 Å². The summed E-state index contributed by atoms with van der Waals surface area (Å²) in [5.41, 5.74) is 1.98. The van der Waals surface area contributed by atoms with Gasteiger partial charge in [0.05, 0.1) is 12.2 Å². The minimum atomic E-state index is -0.486. The van der Waals surface area contributed by atoms with E-state index in [0.29, 0.717) is 35.5 Å². The summed E-state index contributed by atoms with van der Waals surface area (Å²) >= 11 is 0. The number of hydrogen-bond acceptors (Lipinski definition) is 7. The fraction of sp³-hybridized carbons (Fsp3) is 0.286. The van der Waals surface area contributed by atoms with Crippen molar-refractivity contribution in [2.75, 3.05) is 11.4 Å². The number of hydrogen-bond donors (Lipinski definition) is 3. The summed E-state index contributed by atoms with van der Waals surface area (Å²) in [6.07, 6.45) is 5.33. The van der Waals surface area contributed by atoms with Crippen LogP contribution in [0.3, 0.4) is 0 Å². The van der Waals surface area contributed by atoms with E-state index >= 15 is 0 Å². The third kappa shape index (κ3) is 3.91. The number of nitrogens with zero attached hydrogens (tertiary/aromatic N) is 6. The van der Waals surface area contributed by atoms with Crippen LogP contribution in [0.5, 0.6) is 5.88 Å². The van der Waals surface area contributed by atoms with Gasteiger partial charge in [0.2, 0.25) is 11.8 Å². The first-order valence-corrected chi connectivity index (χ1v) is 10.2. The summed E-state index contributed by atoms with van der Waals surface area (Å²) in [6, 6.07) is 10.4. The summed E-state index contributed by atoms with van der Waals surface area (Å²) in [7, 11) is 0. The number of imidazole rings is 1. The van der Waals surface area contributed by atoms with Gasteiger partial charge in [-0.15, -0.1) is 0 Å². The largest absolute Gasteiger partial charge is 0.493 e. The molecule has 1 aliphatic carbocycles. The molecular formula is C21H22N8O2. The Bertz CT molecular complexity index is 1400. The molecule has 1 aromatic carbocycles. The zero-order chi connectivity index (χ0) is 21.4. The molecule has 4 aromatic rings. The Morgan fingerprint density at radius 1 is 1.26 bits per heavy atom. The van der Waals surface area contributed by atoms with E-state index in [-0.39, 0.29) is 17.6 Å². The van der Waals surface area contributed by atoms with Crippen LogP contribution in [0.2, 0.25) is 0 Å². The van der Waals surface area contributed by atoms with Crippen LogP contribution in [0.1, 0.15) is 31.0 Å². The third-order valence-electron chi connectivity index (χ3n) is 5.13. The van der Waals surface area contributed by atoms with Gasteiger partial charge in [0.25, 0.3) is 5.62 Å². The molecule has 0 unspecified atom stereocenters. The summed E-state index contributed by atoms with van der Waals surface area (Å²) in [5.74, 6) is 0.320. The molecule has 0 atom stereocenters. The van der Waals surface area contributed by atoms with Gasteiger partial charge < -0.3 is 15.0 Å². The minimum absolute atomic E-state index is 0.235. The zero-order valence-electron chi connectivity index (χ0n) is 17.0. The van der Waals surface area contributed by atoms with E-state index in [1.165, 1.54) is 0 Å². The molecule has 0 amide bonds. The van der Waals surface area contributed by atoms with Crippen molar-refractivity contribution in [3.63, 3.8) is 0 Å². The molecule has 0 spiro atoms. The third-order valence-corrected chi connectivity index (χ3v) is 5.13. The highest BCUT2D eigenvalue weighted by Crippen LogP contribution is 2.22. The summed E-state index contributed by atoms with van der Waals surface area (Å²) in [5, 5.41) is 15.0. The lowest BCUT2D eigenvalue weighted by molar-refractivity contribution is 0.454. The second-order valence-corrected chi connectivity index (χ2v) is 7.50. The molecule has 0 radical (unpaired) electrons. The maximum absolute atomic E-state index is 11.5. The van der Waals surface area contributed by atoms with Crippen LogP contribution in [-0.2, 0) is 6.54 Å². The maximum atomic E-state index is 11.5. The Kier molecular flexibility index (Phi) is 4.73. The summed E-state index contributed by atoms with van der Waals surface area (Å²) < 4.78 is 1.60. The average Bonchev–Trinajstić information content (AvgIpc) is 3.41. The van der Waals surface area contributed by atoms with Gasteiger partial charge in [-0.3, -0.25) is 4.98 Å². The lowest BCUT2D eigenvalue weighted by Crippen LogP contribution is -2.31. The van der Waals surface area contributed by atoms with Crippen molar-refractivity contribution in [2.24, 2.45) is 4.99 Å². The molecular weight excluding hydrogens is 396 g/mol. The number of aromatic nitrogens is 6. The zero-order valence-corrected chi connectivity index (χ0v) is 17.0. The first-order chi connectivity index (χ1) is 15.1. The summed E-state index contributed by atoms with van der Waals surface area (Å²) in [6.45, 7) is 3.43. The van der Waals surface area contributed by atoms with Gasteiger partial charge in [0.1, 0.15) is 5.69 Å². The van der Waals surface area contributed by atoms with Crippen LogP contribution in [0, 0.1) is 0 Å². The molecule has 5 rings (SSSR count). The molecule has 3 heterocycles. The highest BCUT2D eigenvalue weighted by atomic mass is 16.3. The van der Waals surface area contributed by atoms with Gasteiger partial charge in [-0.25, -0.2) is 9.79 Å². The first kappa shape index (κ1) is 19.0. The number of aromatic hydroxyl groups is 1. The van der Waals surface area contributed by atoms with Crippen molar-refractivity contribution in [3.05, 3.63) is 69.1 Å². The van der Waals surface area contributed by atoms with Crippen LogP contribution >= 0.6 is 0 Å². The number of fused-ring (bicyclic) bond motifs is 1. The Labute approximate surface area is 176 Å². The molecule has 1 fully saturated rings. The number of anilines is 1. The Balaban J connectivity index is 1.66. The predicted octanol–water partition coefficient (Wildman–Crippen LogP) is 0.484. The SMILES string of the molecule is CCN(Cc1ccccc1)c1nc(=NC2CC2)n2ncc(=Cc3[nH]c(=O)[nH]c3O)c2n1. The maximum Gasteiger partial charge on any atom is 0.326 e. The van der Waals surface area contributed by atoms with Crippen molar-refractivity contribution in [1.29, 1.82) is 0 Å². The summed E-state index contributed by atoms with van der Waals surface area (Å²) in [4.78, 5) is 32.6. The lowest BCUT2D eigenvalue weighted by Gasteiger charge is -2.20. The molecule has 1 aliphatic rings. The highest BCUT2D eigenvalue weighted by Gasteiger charge is 2.21. The molecule has 10 nitrogen and oxygen atoms in total. The second-order valence-electron chi connectivity index (χ2n) is 7.50. The number of H-pyrrole nitrogens is 2. The minimum Gasteiger partial charge on any atom is -0.493 e. The van der Waals surface area contributed by atoms with Gasteiger partial charge in [-0.05, 0) is 31.4 Å². The molecule has 0 bridgehead atoms. The van der Waals surface area contributed by atoms with E-state index in [2.05, 4.69) is 39.0 Å². The standard InChI is InChI=1S/C21H22N8O2/c1-2-28(12-13-6-4-3-5-7-13)19-25-17-14(10-16-18(30)26-21(31)24-16)11-22-29(17)20(27-19)23-15-8-9-15/h3-7,10-11,15,30H,2,8-9,12H2,1H3,(H2,24,26,31). The van der Waals surface area contributed by atoms with Crippen molar-refractivity contribution in [3.8, 4) is 5.88 Å². The van der Waals surface area contributed by atoms with Gasteiger partial charge in [-0.2, -0.15) is 19.6 Å². The van der Waals surface area contributed by atoms with Gasteiger partial charge in [0.15, 0.2) is 5.65 Å². The smallest absolute Gasteiger partial charge is 0.326 e. The number of nitrogens with one attached hydrogen (secondary N) is 2. The fourth-order valence-electron chi connectivity index (χ4n) is 3.34. The van der Waals surface area contributed by atoms with Gasteiger partial charge >= 0.3 is 5.69 Å². The Morgan fingerprint density at radius 3 is 2.74 bits per heavy atom. The van der Waals surface area contributed by atoms with Crippen molar-refractivity contribution in [2.45, 2.75) is 32.4 Å². The van der Waals surface area contributed by atoms with E-state index < -0.39 is 5.69 Å². The fourth-order valence-corrected chi connectivity index (χ4v) is 3.34. The highest BCUT2D eigenvalue weighted by molar-refractivity contribution is 5.57. The number of aromatic amines is 2. The van der Waals surface area contributed by atoms with Crippen molar-refractivity contribution >= 4 is 17.7 Å². The monoisotopic (exact) mass is 418 g/mol. The van der Waals surface area contributed by atoms with Crippen LogP contribution in [-0.4, -0.2) is 47.2 Å². The molecule has 0 saturated heterocycles. The number of benzene rings is 1. The predicted molar refractivity (Wildman–Crippen MR) is 114 cm³/mol. The molecule has 3 aromatic heterocycles. The van der Waals surface area contributed by atoms with E-state index in [0.717, 1.165) is 18.4 Å². The quantitative estimate of drug-likeness (QED) is 0.418. The van der Waals surface area contributed by atoms with E-state index in [1.807, 2.05) is 18.2 Å². The molecule has 10 heteroatoms. The Morgan fingerprint density at radius 2 is 2.06 bits per heavy atom. The normalized spacial score (nSPS) is 15.1. The van der Waals surface area contributed by atoms with Crippen LogP contribution < -0.4 is 21.4 Å². The van der Waals surface area contributed by atoms with E-state index in [1.54, 1.807) is 16.8 Å².